The molecule has 0 spiro atoms. The van der Waals surface area contributed by atoms with Crippen LogP contribution in [0.3, 0.4) is 0 Å². The summed E-state index contributed by atoms with van der Waals surface area (Å²) in [5.41, 5.74) is 0.331. The minimum Gasteiger partial charge on any atom is -1.00 e. The van der Waals surface area contributed by atoms with E-state index in [-0.39, 0.29) is 31.0 Å². The van der Waals surface area contributed by atoms with Crippen LogP contribution in [0.15, 0.2) is 30.3 Å². The first-order valence-electron chi connectivity index (χ1n) is 3.36. The van der Waals surface area contributed by atoms with E-state index < -0.39 is 13.3 Å². The average molecular weight is 208 g/mol. The van der Waals surface area contributed by atoms with Crippen molar-refractivity contribution in [1.29, 1.82) is 0 Å². The summed E-state index contributed by atoms with van der Waals surface area (Å²) in [5, 5.41) is 29.9. The van der Waals surface area contributed by atoms with Crippen molar-refractivity contribution in [2.24, 2.45) is 0 Å². The molecule has 0 amide bonds. The molecular formula is C7H10BNaO5. The predicted octanol–water partition coefficient (Wildman–Crippen LogP) is -3.55. The van der Waals surface area contributed by atoms with Crippen LogP contribution in [0, 0.1) is 0 Å². The second-order valence-electron chi connectivity index (χ2n) is 2.02. The Labute approximate surface area is 105 Å². The third-order valence-electron chi connectivity index (χ3n) is 1.02. The Morgan fingerprint density at radius 1 is 1.14 bits per heavy atom. The largest absolute Gasteiger partial charge is 1.00 e. The van der Waals surface area contributed by atoms with Crippen molar-refractivity contribution >= 4 is 13.3 Å². The first-order valence-corrected chi connectivity index (χ1v) is 3.36. The summed E-state index contributed by atoms with van der Waals surface area (Å²) in [6, 6.07) is 8.30. The molecule has 0 saturated carbocycles. The van der Waals surface area contributed by atoms with Gasteiger partial charge in [-0.1, -0.05) is 18.2 Å². The molecule has 0 radical (unpaired) electrons. The Kier molecular flexibility index (Phi) is 10.6. The molecule has 0 aliphatic heterocycles. The zero-order valence-electron chi connectivity index (χ0n) is 8.66. The Bertz CT molecular complexity index is 256. The number of benzene rings is 1. The fraction of sp³-hybridized carbons (Fsp3) is 0. The molecule has 72 valence electrons. The van der Waals surface area contributed by atoms with Crippen LogP contribution in [0.25, 0.3) is 0 Å². The van der Waals surface area contributed by atoms with Crippen molar-refractivity contribution < 1.29 is 56.0 Å². The number of carboxylic acid groups (broad SMARTS) is 1. The molecule has 1 rings (SSSR count). The smallest absolute Gasteiger partial charge is 1.00 e. The third kappa shape index (κ3) is 9.72. The third-order valence-corrected chi connectivity index (χ3v) is 1.02. The summed E-state index contributed by atoms with van der Waals surface area (Å²) in [5.74, 6) is -0.879. The first kappa shape index (κ1) is 16.1. The zero-order chi connectivity index (χ0) is 10.3. The van der Waals surface area contributed by atoms with Crippen LogP contribution < -0.4 is 29.6 Å². The molecule has 1 aromatic carbocycles. The van der Waals surface area contributed by atoms with Gasteiger partial charge in [-0.05, 0) is 12.1 Å². The van der Waals surface area contributed by atoms with Gasteiger partial charge in [0.1, 0.15) is 0 Å². The van der Waals surface area contributed by atoms with Gasteiger partial charge in [0.2, 0.25) is 0 Å². The minimum absolute atomic E-state index is 0. The van der Waals surface area contributed by atoms with Gasteiger partial charge in [-0.3, -0.25) is 0 Å². The van der Waals surface area contributed by atoms with Crippen molar-refractivity contribution in [2.75, 3.05) is 0 Å². The van der Waals surface area contributed by atoms with Gasteiger partial charge < -0.3 is 21.6 Å². The van der Waals surface area contributed by atoms with Gasteiger partial charge in [-0.15, -0.1) is 0 Å². The normalized spacial score (nSPS) is 7.64. The molecule has 1 aromatic rings. The summed E-state index contributed by atoms with van der Waals surface area (Å²) < 4.78 is 0. The van der Waals surface area contributed by atoms with Gasteiger partial charge in [0.25, 0.3) is 0 Å². The summed E-state index contributed by atoms with van der Waals surface area (Å²) in [4.78, 5) is 10.2. The monoisotopic (exact) mass is 208 g/mol. The summed E-state index contributed by atoms with van der Waals surface area (Å²) >= 11 is 0. The molecule has 0 heterocycles. The Hall–Kier alpha value is -0.365. The molecule has 14 heavy (non-hydrogen) atoms. The standard InChI is InChI=1S/C7H6O2.BH3O3.Na.H/c8-7(9)6-4-2-1-3-5-6;2-1(3)4;;/h1-5H,(H,8,9);2-4H;;/q;;+1;-1. The number of aromatic carboxylic acids is 1. The van der Waals surface area contributed by atoms with Crippen molar-refractivity contribution in [3.8, 4) is 0 Å². The summed E-state index contributed by atoms with van der Waals surface area (Å²) in [6.45, 7) is 0. The molecule has 0 aliphatic carbocycles. The number of rotatable bonds is 1. The Balaban J connectivity index is -0.000000213. The van der Waals surface area contributed by atoms with E-state index in [0.717, 1.165) is 0 Å². The van der Waals surface area contributed by atoms with E-state index in [1.807, 2.05) is 0 Å². The fourth-order valence-corrected chi connectivity index (χ4v) is 0.581. The predicted molar refractivity (Wildman–Crippen MR) is 46.9 cm³/mol. The van der Waals surface area contributed by atoms with E-state index in [1.165, 1.54) is 0 Å². The van der Waals surface area contributed by atoms with Crippen LogP contribution in [0.1, 0.15) is 11.8 Å². The molecule has 0 atom stereocenters. The van der Waals surface area contributed by atoms with Gasteiger partial charge in [0.15, 0.2) is 0 Å². The number of hydrogen-bond acceptors (Lipinski definition) is 4. The van der Waals surface area contributed by atoms with E-state index >= 15 is 0 Å². The Morgan fingerprint density at radius 2 is 1.50 bits per heavy atom. The van der Waals surface area contributed by atoms with Gasteiger partial charge in [-0.2, -0.15) is 0 Å². The molecule has 0 unspecified atom stereocenters. The first-order chi connectivity index (χ1) is 6.04. The maximum atomic E-state index is 10.2. The summed E-state index contributed by atoms with van der Waals surface area (Å²) in [7, 11) is -2.17. The van der Waals surface area contributed by atoms with Crippen LogP contribution in [-0.2, 0) is 0 Å². The van der Waals surface area contributed by atoms with Crippen molar-refractivity contribution in [3.63, 3.8) is 0 Å². The summed E-state index contributed by atoms with van der Waals surface area (Å²) in [6.07, 6.45) is 0. The Morgan fingerprint density at radius 3 is 1.71 bits per heavy atom. The molecule has 0 bridgehead atoms. The van der Waals surface area contributed by atoms with E-state index in [4.69, 9.17) is 20.2 Å². The van der Waals surface area contributed by atoms with E-state index in [9.17, 15) is 4.79 Å². The number of carbonyl (C=O) groups is 1. The SMILES string of the molecule is O=C(O)c1ccccc1.OB(O)O.[H-].[Na+]. The molecule has 0 fully saturated rings. The molecule has 5 nitrogen and oxygen atoms in total. The second-order valence-corrected chi connectivity index (χ2v) is 2.02. The number of carboxylic acids is 1. The molecule has 0 aromatic heterocycles. The van der Waals surface area contributed by atoms with E-state index in [2.05, 4.69) is 0 Å². The molecule has 7 heteroatoms. The minimum atomic E-state index is -2.17. The molecule has 4 N–H and O–H groups in total. The van der Waals surface area contributed by atoms with Crippen molar-refractivity contribution in [2.45, 2.75) is 0 Å². The topological polar surface area (TPSA) is 98.0 Å². The molecular weight excluding hydrogens is 198 g/mol. The van der Waals surface area contributed by atoms with Crippen LogP contribution >= 0.6 is 0 Å². The van der Waals surface area contributed by atoms with E-state index in [1.54, 1.807) is 30.3 Å². The maximum Gasteiger partial charge on any atom is 1.00 e. The van der Waals surface area contributed by atoms with Crippen LogP contribution in [0.4, 0.5) is 0 Å². The average Bonchev–Trinajstić information content (AvgIpc) is 2.05. The van der Waals surface area contributed by atoms with Gasteiger partial charge in [0, 0.05) is 0 Å². The van der Waals surface area contributed by atoms with E-state index in [0.29, 0.717) is 5.56 Å². The fourth-order valence-electron chi connectivity index (χ4n) is 0.581. The van der Waals surface area contributed by atoms with Crippen molar-refractivity contribution in [1.82, 2.24) is 0 Å². The zero-order valence-corrected chi connectivity index (χ0v) is 9.66. The van der Waals surface area contributed by atoms with Gasteiger partial charge >= 0.3 is 42.8 Å². The second kappa shape index (κ2) is 9.20. The quantitative estimate of drug-likeness (QED) is 0.358. The molecule has 0 saturated heterocycles. The maximum absolute atomic E-state index is 10.2. The van der Waals surface area contributed by atoms with Crippen molar-refractivity contribution in [3.05, 3.63) is 35.9 Å². The van der Waals surface area contributed by atoms with Crippen LogP contribution in [0.2, 0.25) is 0 Å². The van der Waals surface area contributed by atoms with Crippen LogP contribution in [-0.4, -0.2) is 33.5 Å². The van der Waals surface area contributed by atoms with Crippen LogP contribution in [0.5, 0.6) is 0 Å². The molecule has 0 aliphatic rings. The van der Waals surface area contributed by atoms with Gasteiger partial charge in [-0.25, -0.2) is 4.79 Å². The number of hydrogen-bond donors (Lipinski definition) is 4. The van der Waals surface area contributed by atoms with Gasteiger partial charge in [0.05, 0.1) is 5.56 Å².